The van der Waals surface area contributed by atoms with Crippen molar-refractivity contribution in [1.29, 1.82) is 0 Å². The third-order valence-electron chi connectivity index (χ3n) is 2.01. The highest BCUT2D eigenvalue weighted by Crippen LogP contribution is 2.01. The van der Waals surface area contributed by atoms with Gasteiger partial charge in [-0.2, -0.15) is 0 Å². The minimum atomic E-state index is 0.0463. The van der Waals surface area contributed by atoms with E-state index >= 15 is 0 Å². The first-order chi connectivity index (χ1) is 6.75. The Morgan fingerprint density at radius 1 is 1.14 bits per heavy atom. The van der Waals surface area contributed by atoms with Gasteiger partial charge in [0.15, 0.2) is 3.57 Å². The Morgan fingerprint density at radius 2 is 2.00 bits per heavy atom. The lowest BCUT2D eigenvalue weighted by Gasteiger charge is -1.93. The first kappa shape index (κ1) is 10.2. The van der Waals surface area contributed by atoms with E-state index in [0.29, 0.717) is 0 Å². The van der Waals surface area contributed by atoms with E-state index in [4.69, 9.17) is 0 Å². The standard InChI is InChI=1S/C12H12IS/c1-9-5-6-10(2)11(8-9)13-12-4-3-7-14-12/h3-8H,1-2H3/q+1. The number of halogens is 1. The number of hydrogen-bond acceptors (Lipinski definition) is 1. The highest BCUT2D eigenvalue weighted by molar-refractivity contribution is 7.07. The van der Waals surface area contributed by atoms with Gasteiger partial charge in [-0.25, -0.2) is 0 Å². The maximum atomic E-state index is 2.34. The first-order valence-corrected chi connectivity index (χ1v) is 7.55. The van der Waals surface area contributed by atoms with E-state index in [0.717, 1.165) is 0 Å². The van der Waals surface area contributed by atoms with Crippen molar-refractivity contribution in [3.05, 3.63) is 53.3 Å². The number of rotatable bonds is 2. The van der Waals surface area contributed by atoms with Gasteiger partial charge in [-0.05, 0) is 36.9 Å². The van der Waals surface area contributed by atoms with Gasteiger partial charge in [-0.1, -0.05) is 23.5 Å². The molecule has 0 spiro atoms. The van der Waals surface area contributed by atoms with Gasteiger partial charge >= 0.3 is 21.2 Å². The fourth-order valence-corrected chi connectivity index (χ4v) is 5.29. The normalized spacial score (nSPS) is 10.4. The molecule has 0 amide bonds. The molecule has 0 N–H and O–H groups in total. The average molecular weight is 315 g/mol. The molecule has 0 bridgehead atoms. The molecule has 0 saturated carbocycles. The van der Waals surface area contributed by atoms with E-state index in [1.807, 2.05) is 11.3 Å². The van der Waals surface area contributed by atoms with Crippen LogP contribution in [0.25, 0.3) is 0 Å². The Kier molecular flexibility index (Phi) is 3.23. The predicted octanol–water partition coefficient (Wildman–Crippen LogP) is 0.493. The van der Waals surface area contributed by atoms with Crippen LogP contribution in [-0.4, -0.2) is 0 Å². The summed E-state index contributed by atoms with van der Waals surface area (Å²) >= 11 is 1.93. The molecule has 0 radical (unpaired) electrons. The van der Waals surface area contributed by atoms with E-state index in [9.17, 15) is 0 Å². The maximum absolute atomic E-state index is 2.34. The van der Waals surface area contributed by atoms with E-state index in [2.05, 4.69) is 49.6 Å². The summed E-state index contributed by atoms with van der Waals surface area (Å²) < 4.78 is 3.11. The van der Waals surface area contributed by atoms with Crippen LogP contribution in [0.2, 0.25) is 0 Å². The van der Waals surface area contributed by atoms with Gasteiger partial charge in [0, 0.05) is 11.6 Å². The molecular formula is C12H12IS+. The van der Waals surface area contributed by atoms with Crippen molar-refractivity contribution in [3.63, 3.8) is 0 Å². The summed E-state index contributed by atoms with van der Waals surface area (Å²) in [5, 5.41) is 2.17. The molecule has 2 aromatic rings. The number of aryl methyl sites for hydroxylation is 2. The lowest BCUT2D eigenvalue weighted by Crippen LogP contribution is -3.61. The molecule has 1 heterocycles. The predicted molar refractivity (Wildman–Crippen MR) is 57.6 cm³/mol. The van der Waals surface area contributed by atoms with Crippen LogP contribution in [-0.2, 0) is 0 Å². The SMILES string of the molecule is Cc1ccc(C)c([I+]c2cccs2)c1. The molecule has 2 heteroatoms. The molecule has 0 nitrogen and oxygen atoms in total. The summed E-state index contributed by atoms with van der Waals surface area (Å²) in [6, 6.07) is 11.2. The summed E-state index contributed by atoms with van der Waals surface area (Å²) in [7, 11) is 0. The monoisotopic (exact) mass is 315 g/mol. The molecule has 2 rings (SSSR count). The largest absolute Gasteiger partial charge is 0.370 e. The van der Waals surface area contributed by atoms with Gasteiger partial charge in [-0.3, -0.25) is 0 Å². The number of hydrogen-bond donors (Lipinski definition) is 0. The van der Waals surface area contributed by atoms with E-state index in [-0.39, 0.29) is 21.2 Å². The molecule has 14 heavy (non-hydrogen) atoms. The van der Waals surface area contributed by atoms with Gasteiger partial charge in [-0.15, -0.1) is 0 Å². The maximum Gasteiger partial charge on any atom is 0.370 e. The Hall–Kier alpha value is -0.350. The minimum Gasteiger partial charge on any atom is -0.0963 e. The summed E-state index contributed by atoms with van der Waals surface area (Å²) in [4.78, 5) is 0. The first-order valence-electron chi connectivity index (χ1n) is 4.51. The second-order valence-electron chi connectivity index (χ2n) is 3.26. The average Bonchev–Trinajstić information content (AvgIpc) is 2.64. The molecule has 0 aliphatic carbocycles. The Bertz CT molecular complexity index is 418. The molecule has 0 aliphatic heterocycles. The molecule has 1 aromatic heterocycles. The third-order valence-corrected chi connectivity index (χ3v) is 6.58. The van der Waals surface area contributed by atoms with Crippen molar-refractivity contribution in [2.45, 2.75) is 13.8 Å². The van der Waals surface area contributed by atoms with Crippen LogP contribution in [0.3, 0.4) is 0 Å². The van der Waals surface area contributed by atoms with Crippen LogP contribution >= 0.6 is 11.3 Å². The fourth-order valence-electron chi connectivity index (χ4n) is 1.21. The zero-order chi connectivity index (χ0) is 9.97. The zero-order valence-corrected chi connectivity index (χ0v) is 11.2. The van der Waals surface area contributed by atoms with Gasteiger partial charge < -0.3 is 0 Å². The summed E-state index contributed by atoms with van der Waals surface area (Å²) in [5.74, 6) is 0. The summed E-state index contributed by atoms with van der Waals surface area (Å²) in [6.07, 6.45) is 0. The highest BCUT2D eigenvalue weighted by atomic mass is 127. The van der Waals surface area contributed by atoms with Crippen LogP contribution < -0.4 is 21.2 Å². The van der Waals surface area contributed by atoms with Gasteiger partial charge in [0.2, 0.25) is 2.88 Å². The Morgan fingerprint density at radius 3 is 2.71 bits per heavy atom. The van der Waals surface area contributed by atoms with Crippen molar-refractivity contribution in [2.24, 2.45) is 0 Å². The lowest BCUT2D eigenvalue weighted by molar-refractivity contribution is -0.592. The third kappa shape index (κ3) is 2.36. The molecule has 0 saturated heterocycles. The second-order valence-corrected chi connectivity index (χ2v) is 7.81. The molecule has 1 aromatic carbocycles. The van der Waals surface area contributed by atoms with E-state index in [1.165, 1.54) is 11.1 Å². The smallest absolute Gasteiger partial charge is 0.0963 e. The molecule has 72 valence electrons. The van der Waals surface area contributed by atoms with Crippen LogP contribution in [0.1, 0.15) is 11.1 Å². The quantitative estimate of drug-likeness (QED) is 0.708. The van der Waals surface area contributed by atoms with Crippen molar-refractivity contribution in [2.75, 3.05) is 0 Å². The Labute approximate surface area is 99.2 Å². The number of thiophene rings is 1. The van der Waals surface area contributed by atoms with Crippen molar-refractivity contribution in [1.82, 2.24) is 0 Å². The lowest BCUT2D eigenvalue weighted by atomic mass is 10.2. The van der Waals surface area contributed by atoms with Gasteiger partial charge in [0.25, 0.3) is 0 Å². The van der Waals surface area contributed by atoms with E-state index in [1.54, 1.807) is 6.45 Å². The summed E-state index contributed by atoms with van der Waals surface area (Å²) in [5.41, 5.74) is 2.82. The molecule has 0 atom stereocenters. The van der Waals surface area contributed by atoms with Crippen LogP contribution in [0.5, 0.6) is 0 Å². The second kappa shape index (κ2) is 4.45. The Balaban J connectivity index is 2.28. The highest BCUT2D eigenvalue weighted by Gasteiger charge is 2.18. The number of benzene rings is 1. The van der Waals surface area contributed by atoms with Crippen molar-refractivity contribution >= 4 is 11.3 Å². The van der Waals surface area contributed by atoms with Crippen molar-refractivity contribution in [3.8, 4) is 0 Å². The molecule has 0 unspecified atom stereocenters. The van der Waals surface area contributed by atoms with E-state index < -0.39 is 0 Å². The molecule has 0 aliphatic rings. The molecule has 0 fully saturated rings. The van der Waals surface area contributed by atoms with Crippen LogP contribution in [0.15, 0.2) is 35.7 Å². The summed E-state index contributed by atoms with van der Waals surface area (Å²) in [6.45, 7) is 4.38. The molecular weight excluding hydrogens is 303 g/mol. The van der Waals surface area contributed by atoms with Crippen LogP contribution in [0.4, 0.5) is 0 Å². The van der Waals surface area contributed by atoms with Gasteiger partial charge in [0.1, 0.15) is 0 Å². The van der Waals surface area contributed by atoms with Crippen LogP contribution in [0, 0.1) is 20.3 Å². The minimum absolute atomic E-state index is 0.0463. The van der Waals surface area contributed by atoms with Crippen molar-refractivity contribution < 1.29 is 21.2 Å². The fraction of sp³-hybridized carbons (Fsp3) is 0.167. The topological polar surface area (TPSA) is 0 Å². The van der Waals surface area contributed by atoms with Gasteiger partial charge in [0.05, 0.1) is 0 Å². The zero-order valence-electron chi connectivity index (χ0n) is 8.25.